The van der Waals surface area contributed by atoms with Crippen molar-refractivity contribution in [3.8, 4) is 0 Å². The highest BCUT2D eigenvalue weighted by Gasteiger charge is 2.35. The number of carbonyl (C=O) groups excluding carboxylic acids is 2. The Balaban J connectivity index is 1.47. The topological polar surface area (TPSA) is 52.7 Å². The second-order valence-electron chi connectivity index (χ2n) is 9.80. The van der Waals surface area contributed by atoms with Crippen LogP contribution in [0.2, 0.25) is 0 Å². The summed E-state index contributed by atoms with van der Waals surface area (Å²) in [5.74, 6) is 0.833. The van der Waals surface area contributed by atoms with E-state index in [0.29, 0.717) is 18.5 Å². The maximum atomic E-state index is 12.7. The van der Waals surface area contributed by atoms with Crippen LogP contribution in [0.5, 0.6) is 0 Å². The molecule has 1 aliphatic carbocycles. The summed E-state index contributed by atoms with van der Waals surface area (Å²) >= 11 is 0. The van der Waals surface area contributed by atoms with Gasteiger partial charge in [0.2, 0.25) is 5.91 Å². The first kappa shape index (κ1) is 21.8. The van der Waals surface area contributed by atoms with Gasteiger partial charge < -0.3 is 10.2 Å². The molecule has 2 atom stereocenters. The Bertz CT molecular complexity index is 700. The van der Waals surface area contributed by atoms with Gasteiger partial charge in [0.25, 0.3) is 0 Å². The summed E-state index contributed by atoms with van der Waals surface area (Å²) in [4.78, 5) is 28.7. The number of anilines is 1. The highest BCUT2D eigenvalue weighted by molar-refractivity contribution is 5.94. The van der Waals surface area contributed by atoms with Gasteiger partial charge in [-0.05, 0) is 55.4 Å². The molecular formula is C24H37N3O2. The Morgan fingerprint density at radius 1 is 1.00 bits per heavy atom. The fraction of sp³-hybridized carbons (Fsp3) is 0.667. The second kappa shape index (κ2) is 9.29. The molecule has 2 fully saturated rings. The van der Waals surface area contributed by atoms with E-state index in [-0.39, 0.29) is 17.1 Å². The van der Waals surface area contributed by atoms with Gasteiger partial charge in [-0.25, -0.2) is 0 Å². The molecule has 1 aliphatic heterocycles. The van der Waals surface area contributed by atoms with E-state index in [4.69, 9.17) is 0 Å². The first-order chi connectivity index (χ1) is 13.7. The maximum Gasteiger partial charge on any atom is 0.234 e. The summed E-state index contributed by atoms with van der Waals surface area (Å²) in [6.07, 6.45) is 4.83. The summed E-state index contributed by atoms with van der Waals surface area (Å²) in [5, 5.41) is 3.36. The van der Waals surface area contributed by atoms with E-state index in [9.17, 15) is 9.59 Å². The average molecular weight is 400 g/mol. The number of rotatable bonds is 5. The van der Waals surface area contributed by atoms with Crippen molar-refractivity contribution in [1.29, 1.82) is 0 Å². The highest BCUT2D eigenvalue weighted by atomic mass is 16.2. The minimum Gasteiger partial charge on any atom is -0.369 e. The van der Waals surface area contributed by atoms with Gasteiger partial charge in [-0.1, -0.05) is 33.6 Å². The van der Waals surface area contributed by atoms with Crippen LogP contribution < -0.4 is 10.2 Å². The van der Waals surface area contributed by atoms with Crippen LogP contribution in [0.3, 0.4) is 0 Å². The molecule has 0 bridgehead atoms. The summed E-state index contributed by atoms with van der Waals surface area (Å²) in [7, 11) is 0. The van der Waals surface area contributed by atoms with Gasteiger partial charge in [0.05, 0.1) is 6.54 Å². The maximum absolute atomic E-state index is 12.7. The Kier molecular flexibility index (Phi) is 6.99. The molecule has 2 aliphatic rings. The number of piperazine rings is 1. The summed E-state index contributed by atoms with van der Waals surface area (Å²) in [5.41, 5.74) is 2.14. The van der Waals surface area contributed by atoms with Crippen molar-refractivity contribution in [2.75, 3.05) is 37.6 Å². The van der Waals surface area contributed by atoms with E-state index in [0.717, 1.165) is 43.9 Å². The molecule has 1 saturated carbocycles. The minimum absolute atomic E-state index is 0.0963. The molecule has 0 unspecified atom stereocenters. The molecule has 1 aromatic carbocycles. The third-order valence-electron chi connectivity index (χ3n) is 6.60. The van der Waals surface area contributed by atoms with Crippen molar-refractivity contribution in [3.05, 3.63) is 29.8 Å². The lowest BCUT2D eigenvalue weighted by Crippen LogP contribution is -2.52. The van der Waals surface area contributed by atoms with Crippen molar-refractivity contribution < 1.29 is 9.59 Å². The van der Waals surface area contributed by atoms with Crippen molar-refractivity contribution >= 4 is 17.4 Å². The number of hydrogen-bond acceptors (Lipinski definition) is 4. The van der Waals surface area contributed by atoms with Gasteiger partial charge in [-0.2, -0.15) is 0 Å². The van der Waals surface area contributed by atoms with Gasteiger partial charge in [0, 0.05) is 43.5 Å². The van der Waals surface area contributed by atoms with E-state index in [1.165, 1.54) is 19.3 Å². The summed E-state index contributed by atoms with van der Waals surface area (Å²) < 4.78 is 0. The summed E-state index contributed by atoms with van der Waals surface area (Å²) in [6, 6.07) is 8.15. The number of benzene rings is 1. The molecule has 1 amide bonds. The molecular weight excluding hydrogens is 362 g/mol. The van der Waals surface area contributed by atoms with Crippen molar-refractivity contribution in [2.45, 2.75) is 59.4 Å². The Labute approximate surface area is 175 Å². The number of nitrogens with one attached hydrogen (secondary N) is 1. The molecule has 0 radical (unpaired) electrons. The quantitative estimate of drug-likeness (QED) is 0.767. The normalized spacial score (nSPS) is 23.7. The molecule has 1 heterocycles. The minimum atomic E-state index is 0.0963. The Hall–Kier alpha value is -1.88. The molecule has 1 aromatic rings. The zero-order valence-corrected chi connectivity index (χ0v) is 18.5. The van der Waals surface area contributed by atoms with Crippen molar-refractivity contribution in [3.63, 3.8) is 0 Å². The number of ketones is 1. The molecule has 5 nitrogen and oxygen atoms in total. The number of carbonyl (C=O) groups is 2. The lowest BCUT2D eigenvalue weighted by atomic mass is 9.69. The lowest BCUT2D eigenvalue weighted by molar-refractivity contribution is -0.124. The Morgan fingerprint density at radius 2 is 1.62 bits per heavy atom. The number of Topliss-reactive ketones (excluding diaryl/α,β-unsaturated/α-hetero) is 1. The first-order valence-corrected chi connectivity index (χ1v) is 11.1. The van der Waals surface area contributed by atoms with Crippen LogP contribution in [-0.4, -0.2) is 55.4 Å². The smallest absolute Gasteiger partial charge is 0.234 e. The number of amides is 1. The van der Waals surface area contributed by atoms with E-state index >= 15 is 0 Å². The molecule has 1 saturated heterocycles. The van der Waals surface area contributed by atoms with Gasteiger partial charge >= 0.3 is 0 Å². The standard InChI is InChI=1S/C24H37N3O2/c1-18(28)19-9-11-20(12-10-19)27-15-13-26(14-16-27)17-23(29)25-22-8-6-5-7-21(22)24(2,3)4/h9-12,21-22H,5-8,13-17H2,1-4H3,(H,25,29)/t21-,22+/m1/s1. The average Bonchev–Trinajstić information content (AvgIpc) is 2.68. The van der Waals surface area contributed by atoms with Gasteiger partial charge in [0.1, 0.15) is 0 Å². The first-order valence-electron chi connectivity index (χ1n) is 11.1. The third kappa shape index (κ3) is 5.81. The fourth-order valence-electron chi connectivity index (χ4n) is 4.87. The predicted octanol–water partition coefficient (Wildman–Crippen LogP) is 3.73. The predicted molar refractivity (Wildman–Crippen MR) is 118 cm³/mol. The van der Waals surface area contributed by atoms with E-state index < -0.39 is 0 Å². The van der Waals surface area contributed by atoms with Crippen LogP contribution in [0.1, 0.15) is 63.7 Å². The van der Waals surface area contributed by atoms with Crippen LogP contribution in [0, 0.1) is 11.3 Å². The fourth-order valence-corrected chi connectivity index (χ4v) is 4.87. The van der Waals surface area contributed by atoms with Crippen molar-refractivity contribution in [1.82, 2.24) is 10.2 Å². The van der Waals surface area contributed by atoms with Gasteiger partial charge in [0.15, 0.2) is 5.78 Å². The number of nitrogens with zero attached hydrogens (tertiary/aromatic N) is 2. The third-order valence-corrected chi connectivity index (χ3v) is 6.60. The van der Waals surface area contributed by atoms with Crippen LogP contribution in [0.15, 0.2) is 24.3 Å². The Morgan fingerprint density at radius 3 is 2.21 bits per heavy atom. The molecule has 0 aromatic heterocycles. The number of hydrogen-bond donors (Lipinski definition) is 1. The van der Waals surface area contributed by atoms with Crippen LogP contribution in [0.4, 0.5) is 5.69 Å². The molecule has 160 valence electrons. The molecule has 0 spiro atoms. The van der Waals surface area contributed by atoms with Crippen LogP contribution in [0.25, 0.3) is 0 Å². The van der Waals surface area contributed by atoms with Crippen LogP contribution in [-0.2, 0) is 4.79 Å². The van der Waals surface area contributed by atoms with E-state index in [2.05, 4.69) is 35.9 Å². The van der Waals surface area contributed by atoms with Crippen LogP contribution >= 0.6 is 0 Å². The lowest BCUT2D eigenvalue weighted by Gasteiger charge is -2.41. The monoisotopic (exact) mass is 399 g/mol. The molecule has 5 heteroatoms. The SMILES string of the molecule is CC(=O)c1ccc(N2CCN(CC(=O)N[C@H]3CCCC[C@H]3C(C)(C)C)CC2)cc1. The zero-order chi connectivity index (χ0) is 21.0. The van der Waals surface area contributed by atoms with Crippen molar-refractivity contribution in [2.24, 2.45) is 11.3 Å². The van der Waals surface area contributed by atoms with E-state index in [1.54, 1.807) is 6.92 Å². The largest absolute Gasteiger partial charge is 0.369 e. The van der Waals surface area contributed by atoms with Gasteiger partial charge in [-0.3, -0.25) is 14.5 Å². The van der Waals surface area contributed by atoms with E-state index in [1.807, 2.05) is 24.3 Å². The molecule has 3 rings (SSSR count). The highest BCUT2D eigenvalue weighted by Crippen LogP contribution is 2.38. The van der Waals surface area contributed by atoms with Gasteiger partial charge in [-0.15, -0.1) is 0 Å². The molecule has 1 N–H and O–H groups in total. The summed E-state index contributed by atoms with van der Waals surface area (Å²) in [6.45, 7) is 12.5. The molecule has 29 heavy (non-hydrogen) atoms. The zero-order valence-electron chi connectivity index (χ0n) is 18.5. The second-order valence-corrected chi connectivity index (χ2v) is 9.80.